The van der Waals surface area contributed by atoms with E-state index in [9.17, 15) is 4.79 Å². The first-order valence-electron chi connectivity index (χ1n) is 9.70. The number of hydrogen-bond acceptors (Lipinski definition) is 6. The van der Waals surface area contributed by atoms with Gasteiger partial charge in [0.25, 0.3) is 0 Å². The maximum atomic E-state index is 12.4. The van der Waals surface area contributed by atoms with Crippen molar-refractivity contribution in [3.8, 4) is 17.1 Å². The molecule has 0 atom stereocenters. The smallest absolute Gasteiger partial charge is 0.319 e. The molecule has 0 saturated heterocycles. The van der Waals surface area contributed by atoms with Crippen molar-refractivity contribution in [3.05, 3.63) is 90.1 Å². The Kier molecular flexibility index (Phi) is 6.18. The zero-order valence-corrected chi connectivity index (χ0v) is 16.9. The number of rotatable bonds is 7. The highest BCUT2D eigenvalue weighted by Crippen LogP contribution is 2.21. The van der Waals surface area contributed by atoms with Gasteiger partial charge in [-0.3, -0.25) is 4.98 Å². The molecule has 0 saturated carbocycles. The number of benzene rings is 2. The second-order valence-corrected chi connectivity index (χ2v) is 6.74. The predicted molar refractivity (Wildman–Crippen MR) is 116 cm³/mol. The minimum atomic E-state index is -0.300. The Morgan fingerprint density at radius 2 is 1.81 bits per heavy atom. The molecule has 0 fully saturated rings. The molecule has 2 heterocycles. The summed E-state index contributed by atoms with van der Waals surface area (Å²) in [5.74, 6) is 1.73. The van der Waals surface area contributed by atoms with Crippen molar-refractivity contribution in [2.75, 3.05) is 12.4 Å². The van der Waals surface area contributed by atoms with Crippen molar-refractivity contribution in [3.63, 3.8) is 0 Å². The molecular weight excluding hydrogens is 394 g/mol. The monoisotopic (exact) mass is 415 g/mol. The van der Waals surface area contributed by atoms with E-state index in [2.05, 4.69) is 25.8 Å². The van der Waals surface area contributed by atoms with Crippen molar-refractivity contribution in [2.24, 2.45) is 0 Å². The van der Waals surface area contributed by atoms with Crippen LogP contribution in [-0.2, 0) is 13.0 Å². The molecule has 0 radical (unpaired) electrons. The van der Waals surface area contributed by atoms with Crippen LogP contribution in [0.15, 0.2) is 77.6 Å². The van der Waals surface area contributed by atoms with Gasteiger partial charge in [0.15, 0.2) is 0 Å². The first-order valence-corrected chi connectivity index (χ1v) is 9.70. The molecule has 2 N–H and O–H groups in total. The molecule has 0 bridgehead atoms. The molecule has 2 aromatic carbocycles. The topological polar surface area (TPSA) is 102 Å². The summed E-state index contributed by atoms with van der Waals surface area (Å²) in [6.45, 7) is 0.400. The van der Waals surface area contributed by atoms with E-state index in [4.69, 9.17) is 9.26 Å². The normalized spacial score (nSPS) is 10.5. The zero-order valence-electron chi connectivity index (χ0n) is 16.9. The number of anilines is 1. The highest BCUT2D eigenvalue weighted by Gasteiger charge is 2.12. The Hall–Kier alpha value is -4.20. The van der Waals surface area contributed by atoms with Crippen molar-refractivity contribution >= 4 is 11.7 Å². The van der Waals surface area contributed by atoms with Crippen LogP contribution in [0.4, 0.5) is 10.5 Å². The first kappa shape index (κ1) is 20.1. The van der Waals surface area contributed by atoms with Gasteiger partial charge in [0.2, 0.25) is 11.7 Å². The molecule has 31 heavy (non-hydrogen) atoms. The summed E-state index contributed by atoms with van der Waals surface area (Å²) in [7, 11) is 1.62. The summed E-state index contributed by atoms with van der Waals surface area (Å²) < 4.78 is 10.5. The second-order valence-electron chi connectivity index (χ2n) is 6.74. The minimum absolute atomic E-state index is 0.300. The Labute approximate surface area is 179 Å². The molecular formula is C23H21N5O3. The summed E-state index contributed by atoms with van der Waals surface area (Å²) in [5.41, 5.74) is 3.35. The lowest BCUT2D eigenvalue weighted by Crippen LogP contribution is -2.28. The van der Waals surface area contributed by atoms with E-state index in [1.807, 2.05) is 60.7 Å². The van der Waals surface area contributed by atoms with Gasteiger partial charge in [-0.05, 0) is 41.5 Å². The molecule has 0 aliphatic rings. The zero-order chi connectivity index (χ0) is 21.5. The van der Waals surface area contributed by atoms with Gasteiger partial charge in [0.05, 0.1) is 13.5 Å². The fourth-order valence-electron chi connectivity index (χ4n) is 3.00. The third-order valence-corrected chi connectivity index (χ3v) is 4.63. The van der Waals surface area contributed by atoms with Gasteiger partial charge in [-0.2, -0.15) is 4.98 Å². The molecule has 4 aromatic rings. The van der Waals surface area contributed by atoms with E-state index in [1.165, 1.54) is 0 Å². The lowest BCUT2D eigenvalue weighted by Gasteiger charge is -2.11. The Balaban J connectivity index is 1.39. The van der Waals surface area contributed by atoms with Gasteiger partial charge in [0, 0.05) is 30.2 Å². The summed E-state index contributed by atoms with van der Waals surface area (Å²) in [6.07, 6.45) is 3.75. The fraction of sp³-hybridized carbons (Fsp3) is 0.130. The summed E-state index contributed by atoms with van der Waals surface area (Å²) in [5, 5.41) is 9.77. The van der Waals surface area contributed by atoms with Crippen LogP contribution >= 0.6 is 0 Å². The number of pyridine rings is 1. The predicted octanol–water partition coefficient (Wildman–Crippen LogP) is 4.05. The summed E-state index contributed by atoms with van der Waals surface area (Å²) in [4.78, 5) is 20.8. The highest BCUT2D eigenvalue weighted by atomic mass is 16.5. The number of carbonyl (C=O) groups excluding carboxylic acids is 1. The lowest BCUT2D eigenvalue weighted by molar-refractivity contribution is 0.251. The van der Waals surface area contributed by atoms with Gasteiger partial charge in [-0.25, -0.2) is 4.79 Å². The van der Waals surface area contributed by atoms with E-state index in [1.54, 1.807) is 19.5 Å². The number of urea groups is 1. The molecule has 0 aliphatic heterocycles. The number of methoxy groups -OCH3 is 1. The van der Waals surface area contributed by atoms with E-state index >= 15 is 0 Å². The number of para-hydroxylation sites is 1. The maximum Gasteiger partial charge on any atom is 0.319 e. The molecule has 8 heteroatoms. The van der Waals surface area contributed by atoms with Crippen molar-refractivity contribution in [1.29, 1.82) is 0 Å². The quantitative estimate of drug-likeness (QED) is 0.472. The number of hydrogen-bond donors (Lipinski definition) is 2. The fourth-order valence-corrected chi connectivity index (χ4v) is 3.00. The number of nitrogens with one attached hydrogen (secondary N) is 2. The van der Waals surface area contributed by atoms with Gasteiger partial charge < -0.3 is 19.9 Å². The van der Waals surface area contributed by atoms with Crippen molar-refractivity contribution in [2.45, 2.75) is 13.0 Å². The largest absolute Gasteiger partial charge is 0.497 e. The number of aromatic nitrogens is 3. The Morgan fingerprint density at radius 1 is 1.03 bits per heavy atom. The second kappa shape index (κ2) is 9.53. The summed E-state index contributed by atoms with van der Waals surface area (Å²) in [6, 6.07) is 18.4. The Morgan fingerprint density at radius 3 is 2.58 bits per heavy atom. The molecule has 0 aliphatic carbocycles. The average Bonchev–Trinajstić information content (AvgIpc) is 3.28. The van der Waals surface area contributed by atoms with Crippen LogP contribution in [0.2, 0.25) is 0 Å². The van der Waals surface area contributed by atoms with Crippen LogP contribution in [-0.4, -0.2) is 28.3 Å². The van der Waals surface area contributed by atoms with Crippen LogP contribution in [0.25, 0.3) is 11.4 Å². The van der Waals surface area contributed by atoms with E-state index in [-0.39, 0.29) is 6.03 Å². The van der Waals surface area contributed by atoms with Crippen molar-refractivity contribution < 1.29 is 14.1 Å². The van der Waals surface area contributed by atoms with Gasteiger partial charge in [0.1, 0.15) is 5.75 Å². The average molecular weight is 415 g/mol. The van der Waals surface area contributed by atoms with Gasteiger partial charge in [-0.15, -0.1) is 0 Å². The molecule has 0 unspecified atom stereocenters. The van der Waals surface area contributed by atoms with Gasteiger partial charge >= 0.3 is 6.03 Å². The molecule has 8 nitrogen and oxygen atoms in total. The molecule has 2 aromatic heterocycles. The van der Waals surface area contributed by atoms with Crippen LogP contribution in [0.3, 0.4) is 0 Å². The minimum Gasteiger partial charge on any atom is -0.497 e. The third-order valence-electron chi connectivity index (χ3n) is 4.63. The van der Waals surface area contributed by atoms with Crippen molar-refractivity contribution in [1.82, 2.24) is 20.4 Å². The van der Waals surface area contributed by atoms with Crippen LogP contribution in [0, 0.1) is 0 Å². The van der Waals surface area contributed by atoms with Crippen LogP contribution in [0.1, 0.15) is 17.0 Å². The first-order chi connectivity index (χ1) is 15.2. The molecule has 0 spiro atoms. The Bertz CT molecular complexity index is 1140. The molecule has 156 valence electrons. The maximum absolute atomic E-state index is 12.4. The van der Waals surface area contributed by atoms with Crippen LogP contribution < -0.4 is 15.4 Å². The van der Waals surface area contributed by atoms with E-state index in [0.717, 1.165) is 22.4 Å². The third kappa shape index (κ3) is 5.24. The van der Waals surface area contributed by atoms with Crippen LogP contribution in [0.5, 0.6) is 5.75 Å². The van der Waals surface area contributed by atoms with Gasteiger partial charge in [-0.1, -0.05) is 35.5 Å². The molecule has 2 amide bonds. The standard InChI is InChI=1S/C23H21N5O3/c1-30-19-8-6-16(7-9-19)15-25-23(29)26-20-5-3-2-4-18(20)14-21-27-22(28-31-21)17-10-12-24-13-11-17/h2-13H,14-15H2,1H3,(H2,25,26,29). The molecule has 4 rings (SSSR count). The highest BCUT2D eigenvalue weighted by molar-refractivity contribution is 5.90. The number of nitrogens with zero attached hydrogens (tertiary/aromatic N) is 3. The SMILES string of the molecule is COc1ccc(CNC(=O)Nc2ccccc2Cc2nc(-c3ccncc3)no2)cc1. The number of carbonyl (C=O) groups is 1. The number of amides is 2. The number of ether oxygens (including phenoxy) is 1. The summed E-state index contributed by atoms with van der Waals surface area (Å²) >= 11 is 0. The van der Waals surface area contributed by atoms with E-state index in [0.29, 0.717) is 30.4 Å². The lowest BCUT2D eigenvalue weighted by atomic mass is 10.1. The van der Waals surface area contributed by atoms with E-state index < -0.39 is 0 Å².